The lowest BCUT2D eigenvalue weighted by Crippen LogP contribution is -2.35. The van der Waals surface area contributed by atoms with E-state index in [2.05, 4.69) is 17.4 Å². The van der Waals surface area contributed by atoms with E-state index in [4.69, 9.17) is 10.9 Å². The van der Waals surface area contributed by atoms with Crippen LogP contribution in [0.25, 0.3) is 0 Å². The third kappa shape index (κ3) is 4.84. The molecule has 4 N–H and O–H groups in total. The summed E-state index contributed by atoms with van der Waals surface area (Å²) >= 11 is 0. The van der Waals surface area contributed by atoms with Crippen LogP contribution in [0, 0.1) is 5.92 Å². The molecule has 0 aromatic heterocycles. The van der Waals surface area contributed by atoms with Gasteiger partial charge in [0.1, 0.15) is 5.84 Å². The first-order chi connectivity index (χ1) is 7.74. The summed E-state index contributed by atoms with van der Waals surface area (Å²) in [7, 11) is 0. The second-order valence-electron chi connectivity index (χ2n) is 4.87. The van der Waals surface area contributed by atoms with E-state index >= 15 is 0 Å². The molecule has 0 amide bonds. The largest absolute Gasteiger partial charge is 0.409 e. The Bertz CT molecular complexity index is 218. The predicted molar refractivity (Wildman–Crippen MR) is 66.7 cm³/mol. The number of amidine groups is 1. The Morgan fingerprint density at radius 2 is 2.12 bits per heavy atom. The lowest BCUT2D eigenvalue weighted by Gasteiger charge is -2.22. The number of nitrogens with two attached hydrogens (primary N) is 1. The summed E-state index contributed by atoms with van der Waals surface area (Å²) in [5.74, 6) is 1.11. The van der Waals surface area contributed by atoms with Crippen molar-refractivity contribution in [3.05, 3.63) is 0 Å². The van der Waals surface area contributed by atoms with Crippen molar-refractivity contribution in [2.75, 3.05) is 6.54 Å². The minimum absolute atomic E-state index is 0.329. The molecule has 1 aliphatic carbocycles. The number of hydrogen-bond acceptors (Lipinski definition) is 3. The Morgan fingerprint density at radius 1 is 1.38 bits per heavy atom. The molecule has 1 rings (SSSR count). The number of nitrogens with zero attached hydrogens (tertiary/aromatic N) is 1. The van der Waals surface area contributed by atoms with Gasteiger partial charge in [-0.2, -0.15) is 0 Å². The quantitative estimate of drug-likeness (QED) is 0.168. The molecule has 4 heteroatoms. The normalized spacial score (nSPS) is 27.7. The van der Waals surface area contributed by atoms with Crippen LogP contribution >= 0.6 is 0 Å². The molecule has 94 valence electrons. The van der Waals surface area contributed by atoms with Gasteiger partial charge in [0.25, 0.3) is 0 Å². The molecule has 16 heavy (non-hydrogen) atoms. The zero-order chi connectivity index (χ0) is 11.8. The molecule has 0 aromatic rings. The van der Waals surface area contributed by atoms with Crippen LogP contribution in [0.4, 0.5) is 0 Å². The zero-order valence-electron chi connectivity index (χ0n) is 10.3. The maximum Gasteiger partial charge on any atom is 0.139 e. The van der Waals surface area contributed by atoms with Crippen LogP contribution in [0.5, 0.6) is 0 Å². The van der Waals surface area contributed by atoms with Crippen molar-refractivity contribution >= 4 is 5.84 Å². The van der Waals surface area contributed by atoms with Crippen molar-refractivity contribution in [2.24, 2.45) is 16.8 Å². The fraction of sp³-hybridized carbons (Fsp3) is 0.917. The predicted octanol–water partition coefficient (Wildman–Crippen LogP) is 2.07. The Kier molecular flexibility index (Phi) is 6.23. The number of oxime groups is 1. The highest BCUT2D eigenvalue weighted by molar-refractivity contribution is 5.79. The Balaban J connectivity index is 2.15. The van der Waals surface area contributed by atoms with Gasteiger partial charge in [0, 0.05) is 12.5 Å². The molecule has 0 aromatic carbocycles. The van der Waals surface area contributed by atoms with E-state index in [1.54, 1.807) is 0 Å². The van der Waals surface area contributed by atoms with Crippen LogP contribution in [0.1, 0.15) is 51.9 Å². The van der Waals surface area contributed by atoms with E-state index in [1.165, 1.54) is 32.1 Å². The fourth-order valence-electron chi connectivity index (χ4n) is 2.40. The first-order valence-electron chi connectivity index (χ1n) is 6.44. The van der Waals surface area contributed by atoms with Gasteiger partial charge in [0.2, 0.25) is 0 Å². The lowest BCUT2D eigenvalue weighted by atomic mass is 9.97. The summed E-state index contributed by atoms with van der Waals surface area (Å²) in [6.45, 7) is 3.30. The minimum atomic E-state index is 0.329. The van der Waals surface area contributed by atoms with Crippen molar-refractivity contribution < 1.29 is 5.21 Å². The highest BCUT2D eigenvalue weighted by Gasteiger charge is 2.18. The van der Waals surface area contributed by atoms with Gasteiger partial charge >= 0.3 is 0 Å². The third-order valence-corrected chi connectivity index (χ3v) is 3.51. The second kappa shape index (κ2) is 7.49. The molecule has 0 radical (unpaired) electrons. The van der Waals surface area contributed by atoms with Gasteiger partial charge in [-0.1, -0.05) is 31.3 Å². The van der Waals surface area contributed by atoms with Crippen LogP contribution in [0.3, 0.4) is 0 Å². The van der Waals surface area contributed by atoms with E-state index in [9.17, 15) is 0 Å². The van der Waals surface area contributed by atoms with Crippen molar-refractivity contribution in [1.82, 2.24) is 5.32 Å². The van der Waals surface area contributed by atoms with Gasteiger partial charge in [0.05, 0.1) is 0 Å². The van der Waals surface area contributed by atoms with E-state index in [1.807, 2.05) is 0 Å². The Morgan fingerprint density at radius 3 is 2.88 bits per heavy atom. The standard InChI is InChI=1S/C12H25N3O/c1-10-6-3-2-4-7-11(10)14-9-5-8-12(13)15-16/h10-11,14,16H,2-9H2,1H3,(H2,13,15). The summed E-state index contributed by atoms with van der Waals surface area (Å²) in [4.78, 5) is 0. The van der Waals surface area contributed by atoms with E-state index in [-0.39, 0.29) is 0 Å². The summed E-state index contributed by atoms with van der Waals surface area (Å²) in [5, 5.41) is 15.0. The van der Waals surface area contributed by atoms with E-state index < -0.39 is 0 Å². The highest BCUT2D eigenvalue weighted by atomic mass is 16.4. The topological polar surface area (TPSA) is 70.6 Å². The van der Waals surface area contributed by atoms with Gasteiger partial charge in [-0.25, -0.2) is 0 Å². The molecule has 4 nitrogen and oxygen atoms in total. The van der Waals surface area contributed by atoms with Crippen LogP contribution in [-0.2, 0) is 0 Å². The Labute approximate surface area is 98.3 Å². The van der Waals surface area contributed by atoms with Crippen LogP contribution in [0.15, 0.2) is 5.16 Å². The third-order valence-electron chi connectivity index (χ3n) is 3.51. The smallest absolute Gasteiger partial charge is 0.139 e. The number of nitrogens with one attached hydrogen (secondary N) is 1. The first kappa shape index (κ1) is 13.3. The molecular weight excluding hydrogens is 202 g/mol. The molecular formula is C12H25N3O. The monoisotopic (exact) mass is 227 g/mol. The Hall–Kier alpha value is -0.770. The molecule has 1 saturated carbocycles. The van der Waals surface area contributed by atoms with Gasteiger partial charge in [0.15, 0.2) is 0 Å². The minimum Gasteiger partial charge on any atom is -0.409 e. The molecule has 1 fully saturated rings. The molecule has 0 saturated heterocycles. The number of hydrogen-bond donors (Lipinski definition) is 3. The van der Waals surface area contributed by atoms with Gasteiger partial charge in [-0.15, -0.1) is 0 Å². The van der Waals surface area contributed by atoms with Crippen molar-refractivity contribution in [2.45, 2.75) is 57.9 Å². The summed E-state index contributed by atoms with van der Waals surface area (Å²) in [5.41, 5.74) is 5.42. The molecule has 1 aliphatic rings. The molecule has 0 aliphatic heterocycles. The highest BCUT2D eigenvalue weighted by Crippen LogP contribution is 2.22. The molecule has 2 atom stereocenters. The van der Waals surface area contributed by atoms with E-state index in [0.717, 1.165) is 18.9 Å². The fourth-order valence-corrected chi connectivity index (χ4v) is 2.40. The van der Waals surface area contributed by atoms with Gasteiger partial charge < -0.3 is 16.3 Å². The molecule has 0 heterocycles. The summed E-state index contributed by atoms with van der Waals surface area (Å²) < 4.78 is 0. The zero-order valence-corrected chi connectivity index (χ0v) is 10.3. The molecule has 0 bridgehead atoms. The summed E-state index contributed by atoms with van der Waals surface area (Å²) in [6.07, 6.45) is 8.37. The SMILES string of the molecule is CC1CCCCCC1NCCCC(N)=NO. The van der Waals surface area contributed by atoms with Crippen molar-refractivity contribution in [1.29, 1.82) is 0 Å². The average molecular weight is 227 g/mol. The van der Waals surface area contributed by atoms with E-state index in [0.29, 0.717) is 18.3 Å². The first-order valence-corrected chi connectivity index (χ1v) is 6.44. The van der Waals surface area contributed by atoms with Crippen LogP contribution in [-0.4, -0.2) is 23.6 Å². The average Bonchev–Trinajstić information content (AvgIpc) is 2.49. The molecule has 2 unspecified atom stereocenters. The maximum absolute atomic E-state index is 8.40. The maximum atomic E-state index is 8.40. The van der Waals surface area contributed by atoms with Crippen molar-refractivity contribution in [3.63, 3.8) is 0 Å². The van der Waals surface area contributed by atoms with Crippen LogP contribution < -0.4 is 11.1 Å². The van der Waals surface area contributed by atoms with Crippen molar-refractivity contribution in [3.8, 4) is 0 Å². The second-order valence-corrected chi connectivity index (χ2v) is 4.87. The lowest BCUT2D eigenvalue weighted by molar-refractivity contribution is 0.316. The number of rotatable bonds is 5. The van der Waals surface area contributed by atoms with Crippen LogP contribution in [0.2, 0.25) is 0 Å². The van der Waals surface area contributed by atoms with Gasteiger partial charge in [-0.05, 0) is 31.7 Å². The summed E-state index contributed by atoms with van der Waals surface area (Å²) in [6, 6.07) is 0.662. The van der Waals surface area contributed by atoms with Gasteiger partial charge in [-0.3, -0.25) is 0 Å². The molecule has 0 spiro atoms.